The highest BCUT2D eigenvalue weighted by Gasteiger charge is 2.22. The van der Waals surface area contributed by atoms with Gasteiger partial charge in [-0.1, -0.05) is 6.92 Å². The minimum atomic E-state index is -0.981. The van der Waals surface area contributed by atoms with E-state index in [1.807, 2.05) is 6.92 Å². The number of hydrogen-bond acceptors (Lipinski definition) is 2. The van der Waals surface area contributed by atoms with Crippen LogP contribution < -0.4 is 5.73 Å². The van der Waals surface area contributed by atoms with E-state index in [0.717, 1.165) is 12.1 Å². The normalized spacial score (nSPS) is 15.2. The topological polar surface area (TPSA) is 46.2 Å². The molecule has 1 aromatic rings. The third-order valence-electron chi connectivity index (χ3n) is 2.41. The van der Waals surface area contributed by atoms with E-state index >= 15 is 0 Å². The monoisotopic (exact) mass is 201 g/mol. The van der Waals surface area contributed by atoms with Crippen LogP contribution in [0.5, 0.6) is 5.75 Å². The number of aromatic hydroxyl groups is 1. The third-order valence-corrected chi connectivity index (χ3v) is 2.41. The van der Waals surface area contributed by atoms with E-state index < -0.39 is 22.9 Å². The molecule has 78 valence electrons. The predicted molar refractivity (Wildman–Crippen MR) is 49.9 cm³/mol. The molecule has 0 saturated heterocycles. The second-order valence-electron chi connectivity index (χ2n) is 3.56. The van der Waals surface area contributed by atoms with Gasteiger partial charge in [0.2, 0.25) is 0 Å². The van der Waals surface area contributed by atoms with Crippen LogP contribution in [0.25, 0.3) is 0 Å². The Morgan fingerprint density at radius 1 is 1.36 bits per heavy atom. The van der Waals surface area contributed by atoms with Gasteiger partial charge >= 0.3 is 0 Å². The van der Waals surface area contributed by atoms with E-state index in [1.54, 1.807) is 6.92 Å². The average Bonchev–Trinajstić information content (AvgIpc) is 2.13. The van der Waals surface area contributed by atoms with Gasteiger partial charge in [-0.25, -0.2) is 8.78 Å². The summed E-state index contributed by atoms with van der Waals surface area (Å²) in [6, 6.07) is 2.11. The van der Waals surface area contributed by atoms with Gasteiger partial charge in [0.05, 0.1) is 0 Å². The molecular weight excluding hydrogens is 188 g/mol. The number of nitrogens with two attached hydrogens (primary N) is 1. The van der Waals surface area contributed by atoms with E-state index in [2.05, 4.69) is 0 Å². The quantitative estimate of drug-likeness (QED) is 0.770. The van der Waals surface area contributed by atoms with Crippen LogP contribution in [0.3, 0.4) is 0 Å². The molecule has 4 heteroatoms. The SMILES string of the molecule is CCC(C)(N)c1cc(F)c(O)c(F)c1. The molecule has 1 atom stereocenters. The zero-order valence-corrected chi connectivity index (χ0v) is 8.14. The smallest absolute Gasteiger partial charge is 0.187 e. The summed E-state index contributed by atoms with van der Waals surface area (Å²) < 4.78 is 25.9. The zero-order valence-electron chi connectivity index (χ0n) is 8.14. The van der Waals surface area contributed by atoms with Crippen LogP contribution in [0.2, 0.25) is 0 Å². The molecule has 0 amide bonds. The standard InChI is InChI=1S/C10H13F2NO/c1-3-10(2,13)6-4-7(11)9(14)8(12)5-6/h4-5,14H,3,13H2,1-2H3. The summed E-state index contributed by atoms with van der Waals surface area (Å²) >= 11 is 0. The van der Waals surface area contributed by atoms with Gasteiger partial charge in [0.15, 0.2) is 17.4 Å². The van der Waals surface area contributed by atoms with Crippen LogP contribution in [-0.2, 0) is 5.54 Å². The predicted octanol–water partition coefficient (Wildman–Crippen LogP) is 2.25. The fourth-order valence-electron chi connectivity index (χ4n) is 1.10. The highest BCUT2D eigenvalue weighted by atomic mass is 19.1. The van der Waals surface area contributed by atoms with Crippen LogP contribution >= 0.6 is 0 Å². The van der Waals surface area contributed by atoms with Crippen molar-refractivity contribution in [2.45, 2.75) is 25.8 Å². The number of halogens is 2. The van der Waals surface area contributed by atoms with Crippen molar-refractivity contribution >= 4 is 0 Å². The van der Waals surface area contributed by atoms with E-state index in [9.17, 15) is 8.78 Å². The molecule has 0 aliphatic rings. The van der Waals surface area contributed by atoms with Crippen LogP contribution in [0.4, 0.5) is 8.78 Å². The number of benzene rings is 1. The van der Waals surface area contributed by atoms with E-state index in [1.165, 1.54) is 0 Å². The van der Waals surface area contributed by atoms with Gasteiger partial charge in [-0.3, -0.25) is 0 Å². The molecule has 0 aromatic heterocycles. The van der Waals surface area contributed by atoms with Crippen LogP contribution in [0.1, 0.15) is 25.8 Å². The highest BCUT2D eigenvalue weighted by molar-refractivity contribution is 5.33. The Balaban J connectivity index is 3.26. The largest absolute Gasteiger partial charge is 0.503 e. The molecule has 0 radical (unpaired) electrons. The Kier molecular flexibility index (Phi) is 2.76. The molecule has 1 aromatic carbocycles. The van der Waals surface area contributed by atoms with Crippen molar-refractivity contribution in [1.29, 1.82) is 0 Å². The number of hydrogen-bond donors (Lipinski definition) is 2. The third kappa shape index (κ3) is 1.85. The van der Waals surface area contributed by atoms with Gasteiger partial charge in [0.1, 0.15) is 0 Å². The van der Waals surface area contributed by atoms with Crippen LogP contribution in [0, 0.1) is 11.6 Å². The molecule has 0 aliphatic heterocycles. The first-order valence-electron chi connectivity index (χ1n) is 4.36. The van der Waals surface area contributed by atoms with Crippen molar-refractivity contribution in [2.24, 2.45) is 5.73 Å². The summed E-state index contributed by atoms with van der Waals surface area (Å²) in [5.74, 6) is -2.92. The van der Waals surface area contributed by atoms with Crippen molar-refractivity contribution in [3.05, 3.63) is 29.3 Å². The molecule has 0 bridgehead atoms. The van der Waals surface area contributed by atoms with Crippen molar-refractivity contribution < 1.29 is 13.9 Å². The zero-order chi connectivity index (χ0) is 10.9. The first-order valence-corrected chi connectivity index (χ1v) is 4.36. The number of phenolic OH excluding ortho intramolecular Hbond substituents is 1. The molecule has 1 rings (SSSR count). The van der Waals surface area contributed by atoms with Crippen molar-refractivity contribution in [2.75, 3.05) is 0 Å². The molecule has 3 N–H and O–H groups in total. The summed E-state index contributed by atoms with van der Waals surface area (Å²) in [6.45, 7) is 3.50. The Labute approximate surface area is 81.4 Å². The minimum absolute atomic E-state index is 0.341. The second-order valence-corrected chi connectivity index (χ2v) is 3.56. The van der Waals surface area contributed by atoms with E-state index in [0.29, 0.717) is 12.0 Å². The van der Waals surface area contributed by atoms with E-state index in [-0.39, 0.29) is 0 Å². The molecular formula is C10H13F2NO. The lowest BCUT2D eigenvalue weighted by Crippen LogP contribution is -2.32. The molecule has 0 heterocycles. The number of phenols is 1. The first kappa shape index (κ1) is 10.9. The Bertz CT molecular complexity index is 327. The lowest BCUT2D eigenvalue weighted by Gasteiger charge is -2.23. The van der Waals surface area contributed by atoms with Gasteiger partial charge in [-0.2, -0.15) is 0 Å². The van der Waals surface area contributed by atoms with Gasteiger partial charge < -0.3 is 10.8 Å². The summed E-state index contributed by atoms with van der Waals surface area (Å²) in [4.78, 5) is 0. The van der Waals surface area contributed by atoms with Gasteiger partial charge in [-0.05, 0) is 31.0 Å². The molecule has 0 spiro atoms. The maximum Gasteiger partial charge on any atom is 0.187 e. The molecule has 1 unspecified atom stereocenters. The maximum absolute atomic E-state index is 13.0. The molecule has 0 aliphatic carbocycles. The highest BCUT2D eigenvalue weighted by Crippen LogP contribution is 2.28. The Hall–Kier alpha value is -1.16. The second kappa shape index (κ2) is 3.53. The lowest BCUT2D eigenvalue weighted by molar-refractivity contribution is 0.389. The molecule has 0 fully saturated rings. The van der Waals surface area contributed by atoms with Crippen molar-refractivity contribution in [3.63, 3.8) is 0 Å². The minimum Gasteiger partial charge on any atom is -0.503 e. The Morgan fingerprint density at radius 3 is 2.14 bits per heavy atom. The van der Waals surface area contributed by atoms with Gasteiger partial charge in [0.25, 0.3) is 0 Å². The fraction of sp³-hybridized carbons (Fsp3) is 0.400. The summed E-state index contributed by atoms with van der Waals surface area (Å²) in [6.07, 6.45) is 0.552. The first-order chi connectivity index (χ1) is 6.38. The molecule has 0 saturated carbocycles. The lowest BCUT2D eigenvalue weighted by atomic mass is 9.90. The Morgan fingerprint density at radius 2 is 1.79 bits per heavy atom. The molecule has 14 heavy (non-hydrogen) atoms. The summed E-state index contributed by atoms with van der Waals surface area (Å²) in [7, 11) is 0. The van der Waals surface area contributed by atoms with Crippen molar-refractivity contribution in [1.82, 2.24) is 0 Å². The van der Waals surface area contributed by atoms with Gasteiger partial charge in [-0.15, -0.1) is 0 Å². The summed E-state index contributed by atoms with van der Waals surface area (Å²) in [5, 5.41) is 8.88. The van der Waals surface area contributed by atoms with Crippen LogP contribution in [-0.4, -0.2) is 5.11 Å². The average molecular weight is 201 g/mol. The maximum atomic E-state index is 13.0. The van der Waals surface area contributed by atoms with Crippen LogP contribution in [0.15, 0.2) is 12.1 Å². The van der Waals surface area contributed by atoms with Gasteiger partial charge in [0, 0.05) is 5.54 Å². The molecule has 2 nitrogen and oxygen atoms in total. The van der Waals surface area contributed by atoms with Crippen molar-refractivity contribution in [3.8, 4) is 5.75 Å². The van der Waals surface area contributed by atoms with E-state index in [4.69, 9.17) is 10.8 Å². The fourth-order valence-corrected chi connectivity index (χ4v) is 1.10. The number of rotatable bonds is 2. The summed E-state index contributed by atoms with van der Waals surface area (Å²) in [5.41, 5.74) is 5.37.